The predicted octanol–water partition coefficient (Wildman–Crippen LogP) is 2.98. The Labute approximate surface area is 183 Å². The molecule has 0 aliphatic carbocycles. The lowest BCUT2D eigenvalue weighted by atomic mass is 9.96. The molecular formula is C22H30N2O6S. The Bertz CT molecular complexity index is 935. The molecular weight excluding hydrogens is 420 g/mol. The van der Waals surface area contributed by atoms with E-state index in [0.29, 0.717) is 19.4 Å². The minimum Gasteiger partial charge on any atom is -0.392 e. The van der Waals surface area contributed by atoms with E-state index in [2.05, 4.69) is 10.6 Å². The van der Waals surface area contributed by atoms with Crippen LogP contribution >= 0.6 is 0 Å². The van der Waals surface area contributed by atoms with Crippen molar-refractivity contribution in [2.24, 2.45) is 5.16 Å². The lowest BCUT2D eigenvalue weighted by molar-refractivity contribution is -0.201. The first kappa shape index (κ1) is 23.4. The van der Waals surface area contributed by atoms with Crippen LogP contribution in [0.4, 0.5) is 0 Å². The number of carbonyl (C=O) groups is 1. The Kier molecular flexibility index (Phi) is 7.51. The highest BCUT2D eigenvalue weighted by molar-refractivity contribution is 7.92. The summed E-state index contributed by atoms with van der Waals surface area (Å²) in [5.41, 5.74) is 4.99. The van der Waals surface area contributed by atoms with E-state index < -0.39 is 32.9 Å². The van der Waals surface area contributed by atoms with Gasteiger partial charge in [0.1, 0.15) is 6.10 Å². The fourth-order valence-electron chi connectivity index (χ4n) is 3.57. The molecule has 2 unspecified atom stereocenters. The van der Waals surface area contributed by atoms with Gasteiger partial charge in [0.2, 0.25) is 0 Å². The van der Waals surface area contributed by atoms with Crippen LogP contribution in [0.25, 0.3) is 6.08 Å². The average Bonchev–Trinajstić information content (AvgIpc) is 3.21. The SMILES string of the molecule is CC=Cc1ccc(C2=NOC(C[C@](C)(C(=O)NOC3CCCCO3)S(C)(=O)=O)C2)cc1. The van der Waals surface area contributed by atoms with Crippen molar-refractivity contribution >= 4 is 27.5 Å². The summed E-state index contributed by atoms with van der Waals surface area (Å²) in [5.74, 6) is -0.739. The van der Waals surface area contributed by atoms with Crippen LogP contribution in [0.1, 0.15) is 57.1 Å². The first-order valence-electron chi connectivity index (χ1n) is 10.5. The molecule has 2 aliphatic rings. The molecule has 31 heavy (non-hydrogen) atoms. The molecule has 1 N–H and O–H groups in total. The van der Waals surface area contributed by atoms with Gasteiger partial charge in [-0.25, -0.2) is 18.7 Å². The van der Waals surface area contributed by atoms with E-state index in [0.717, 1.165) is 35.9 Å². The smallest absolute Gasteiger partial charge is 0.264 e. The second-order valence-corrected chi connectivity index (χ2v) is 10.6. The number of nitrogens with one attached hydrogen (secondary N) is 1. The number of hydroxylamine groups is 1. The molecule has 170 valence electrons. The topological polar surface area (TPSA) is 103 Å². The monoisotopic (exact) mass is 450 g/mol. The van der Waals surface area contributed by atoms with Crippen LogP contribution in [0.15, 0.2) is 35.5 Å². The fourth-order valence-corrected chi connectivity index (χ4v) is 4.43. The van der Waals surface area contributed by atoms with Crippen molar-refractivity contribution in [3.63, 3.8) is 0 Å². The fraction of sp³-hybridized carbons (Fsp3) is 0.545. The molecule has 2 aliphatic heterocycles. The Morgan fingerprint density at radius 3 is 2.68 bits per heavy atom. The normalized spacial score (nSPS) is 23.8. The van der Waals surface area contributed by atoms with Gasteiger partial charge in [-0.05, 0) is 37.8 Å². The maximum atomic E-state index is 12.8. The van der Waals surface area contributed by atoms with Gasteiger partial charge in [-0.3, -0.25) is 4.79 Å². The molecule has 1 aromatic rings. The summed E-state index contributed by atoms with van der Waals surface area (Å²) >= 11 is 0. The number of allylic oxidation sites excluding steroid dienone is 1. The zero-order chi connectivity index (χ0) is 22.5. The van der Waals surface area contributed by atoms with Crippen LogP contribution in [0.5, 0.6) is 0 Å². The van der Waals surface area contributed by atoms with Gasteiger partial charge in [0.05, 0.1) is 5.71 Å². The van der Waals surface area contributed by atoms with Crippen molar-refractivity contribution in [2.45, 2.75) is 63.1 Å². The van der Waals surface area contributed by atoms with Crippen molar-refractivity contribution < 1.29 is 27.6 Å². The number of amides is 1. The third-order valence-electron chi connectivity index (χ3n) is 5.67. The van der Waals surface area contributed by atoms with E-state index in [1.54, 1.807) is 0 Å². The summed E-state index contributed by atoms with van der Waals surface area (Å²) < 4.78 is 28.8. The molecule has 3 atom stereocenters. The summed E-state index contributed by atoms with van der Waals surface area (Å²) in [6.07, 6.45) is 6.77. The molecule has 1 fully saturated rings. The van der Waals surface area contributed by atoms with E-state index >= 15 is 0 Å². The third-order valence-corrected chi connectivity index (χ3v) is 7.66. The maximum Gasteiger partial charge on any atom is 0.264 e. The molecule has 1 amide bonds. The molecule has 0 bridgehead atoms. The molecule has 9 heteroatoms. The van der Waals surface area contributed by atoms with Crippen molar-refractivity contribution in [3.8, 4) is 0 Å². The average molecular weight is 451 g/mol. The number of nitrogens with zero attached hydrogens (tertiary/aromatic N) is 1. The van der Waals surface area contributed by atoms with E-state index in [4.69, 9.17) is 14.4 Å². The molecule has 1 aromatic carbocycles. The number of ether oxygens (including phenoxy) is 1. The number of sulfone groups is 1. The summed E-state index contributed by atoms with van der Waals surface area (Å²) in [5, 5.41) is 4.13. The van der Waals surface area contributed by atoms with E-state index in [1.165, 1.54) is 6.92 Å². The minimum absolute atomic E-state index is 0.0454. The van der Waals surface area contributed by atoms with Crippen molar-refractivity contribution in [3.05, 3.63) is 41.5 Å². The second-order valence-electron chi connectivity index (χ2n) is 8.14. The van der Waals surface area contributed by atoms with Crippen LogP contribution < -0.4 is 5.48 Å². The van der Waals surface area contributed by atoms with Crippen LogP contribution in [-0.2, 0) is 29.0 Å². The Morgan fingerprint density at radius 1 is 1.32 bits per heavy atom. The molecule has 0 aromatic heterocycles. The van der Waals surface area contributed by atoms with Crippen LogP contribution in [0, 0.1) is 0 Å². The van der Waals surface area contributed by atoms with Gasteiger partial charge in [-0.15, -0.1) is 0 Å². The zero-order valence-corrected chi connectivity index (χ0v) is 19.0. The Hall–Kier alpha value is -2.23. The summed E-state index contributed by atoms with van der Waals surface area (Å²) in [6.45, 7) is 3.89. The van der Waals surface area contributed by atoms with Crippen LogP contribution in [-0.4, -0.2) is 50.0 Å². The molecule has 0 radical (unpaired) electrons. The van der Waals surface area contributed by atoms with Gasteiger partial charge in [0, 0.05) is 32.1 Å². The standard InChI is InChI=1S/C22H30N2O6S/c1-4-7-16-9-11-17(12-10-16)19-14-18(29-23-19)15-22(2,31(3,26)27)21(25)24-30-20-8-5-6-13-28-20/h4,7,9-12,18,20H,5-6,8,13-15H2,1-3H3,(H,24,25)/t18?,20?,22-/m1/s1. The first-order chi connectivity index (χ1) is 14.7. The summed E-state index contributed by atoms with van der Waals surface area (Å²) in [7, 11) is -3.77. The highest BCUT2D eigenvalue weighted by Crippen LogP contribution is 2.30. The van der Waals surface area contributed by atoms with Gasteiger partial charge >= 0.3 is 0 Å². The lowest BCUT2D eigenvalue weighted by Gasteiger charge is -2.29. The number of oxime groups is 1. The Balaban J connectivity index is 1.63. The van der Waals surface area contributed by atoms with Gasteiger partial charge in [-0.1, -0.05) is 41.6 Å². The first-order valence-corrected chi connectivity index (χ1v) is 12.3. The summed E-state index contributed by atoms with van der Waals surface area (Å²) in [4.78, 5) is 23.6. The highest BCUT2D eigenvalue weighted by Gasteiger charge is 2.47. The third kappa shape index (κ3) is 5.72. The van der Waals surface area contributed by atoms with Crippen LogP contribution in [0.2, 0.25) is 0 Å². The van der Waals surface area contributed by atoms with E-state index in [-0.39, 0.29) is 6.42 Å². The lowest BCUT2D eigenvalue weighted by Crippen LogP contribution is -2.52. The van der Waals surface area contributed by atoms with Gasteiger partial charge in [0.25, 0.3) is 5.91 Å². The molecule has 8 nitrogen and oxygen atoms in total. The van der Waals surface area contributed by atoms with E-state index in [1.807, 2.05) is 43.3 Å². The number of carbonyl (C=O) groups excluding carboxylic acids is 1. The zero-order valence-electron chi connectivity index (χ0n) is 18.2. The minimum atomic E-state index is -3.77. The number of benzene rings is 1. The predicted molar refractivity (Wildman–Crippen MR) is 118 cm³/mol. The van der Waals surface area contributed by atoms with Crippen molar-refractivity contribution in [1.82, 2.24) is 5.48 Å². The molecule has 2 heterocycles. The van der Waals surface area contributed by atoms with Crippen LogP contribution in [0.3, 0.4) is 0 Å². The van der Waals surface area contributed by atoms with E-state index in [9.17, 15) is 13.2 Å². The largest absolute Gasteiger partial charge is 0.392 e. The van der Waals surface area contributed by atoms with Crippen molar-refractivity contribution in [1.29, 1.82) is 0 Å². The molecule has 0 saturated carbocycles. The highest BCUT2D eigenvalue weighted by atomic mass is 32.2. The number of hydrogen-bond acceptors (Lipinski definition) is 7. The maximum absolute atomic E-state index is 12.8. The molecule has 1 saturated heterocycles. The summed E-state index contributed by atoms with van der Waals surface area (Å²) in [6, 6.07) is 7.84. The second kappa shape index (κ2) is 9.93. The number of hydrogen-bond donors (Lipinski definition) is 1. The van der Waals surface area contributed by atoms with Gasteiger partial charge in [-0.2, -0.15) is 0 Å². The van der Waals surface area contributed by atoms with Crippen molar-refractivity contribution in [2.75, 3.05) is 12.9 Å². The Morgan fingerprint density at radius 2 is 2.06 bits per heavy atom. The number of rotatable bonds is 8. The quantitative estimate of drug-likeness (QED) is 0.611. The molecule has 3 rings (SSSR count). The van der Waals surface area contributed by atoms with Gasteiger partial charge < -0.3 is 9.57 Å². The molecule has 0 spiro atoms. The van der Waals surface area contributed by atoms with Gasteiger partial charge in [0.15, 0.2) is 20.9 Å².